The van der Waals surface area contributed by atoms with Crippen molar-refractivity contribution in [2.75, 3.05) is 47.8 Å². The second kappa shape index (κ2) is 18.7. The number of hydrogen-bond donors (Lipinski definition) is 1. The molecule has 0 aliphatic heterocycles. The predicted octanol–water partition coefficient (Wildman–Crippen LogP) is 4.78. The lowest BCUT2D eigenvalue weighted by Crippen LogP contribution is -2.30. The van der Waals surface area contributed by atoms with Crippen LogP contribution in [0.25, 0.3) is 0 Å². The Morgan fingerprint density at radius 1 is 0.966 bits per heavy atom. The Morgan fingerprint density at radius 3 is 1.93 bits per heavy atom. The number of ether oxygens (including phenoxy) is 5. The van der Waals surface area contributed by atoms with Gasteiger partial charge in [-0.25, -0.2) is 0 Å². The number of benzene rings is 1. The van der Waals surface area contributed by atoms with E-state index in [0.29, 0.717) is 19.8 Å². The molecule has 0 unspecified atom stereocenters. The summed E-state index contributed by atoms with van der Waals surface area (Å²) in [6, 6.07) is 3.82. The van der Waals surface area contributed by atoms with Gasteiger partial charge in [0.25, 0.3) is 0 Å². The van der Waals surface area contributed by atoms with Crippen molar-refractivity contribution in [2.45, 2.75) is 66.6 Å². The van der Waals surface area contributed by atoms with Gasteiger partial charge in [0.1, 0.15) is 11.5 Å². The maximum Gasteiger partial charge on any atom is 0.125 e. The lowest BCUT2D eigenvalue weighted by Gasteiger charge is -2.24. The average Bonchev–Trinajstić information content (AvgIpc) is 2.71. The summed E-state index contributed by atoms with van der Waals surface area (Å²) in [5.74, 6) is 1.56. The molecule has 1 rings (SSSR count). The first kappa shape index (κ1) is 29.9. The molecule has 0 heterocycles. The van der Waals surface area contributed by atoms with Crippen LogP contribution in [-0.2, 0) is 20.8 Å². The Kier molecular flexibility index (Phi) is 19.2. The molecule has 0 saturated carbocycles. The van der Waals surface area contributed by atoms with Crippen LogP contribution in [0.3, 0.4) is 0 Å². The molecule has 0 bridgehead atoms. The lowest BCUT2D eigenvalue weighted by atomic mass is 10.1. The van der Waals surface area contributed by atoms with Crippen LogP contribution in [0.15, 0.2) is 12.1 Å². The monoisotopic (exact) mass is 416 g/mol. The van der Waals surface area contributed by atoms with E-state index >= 15 is 0 Å². The third kappa shape index (κ3) is 14.3. The lowest BCUT2D eigenvalue weighted by molar-refractivity contribution is -0.0652. The van der Waals surface area contributed by atoms with Crippen LogP contribution >= 0.6 is 0 Å². The molecule has 172 valence electrons. The van der Waals surface area contributed by atoms with E-state index in [9.17, 15) is 0 Å². The molecule has 1 aromatic rings. The smallest absolute Gasteiger partial charge is 0.125 e. The SMILES string of the molecule is CC.CCCCOC(C)(C)COC.COc1cc(COCCO)cc(OC)c1C. The van der Waals surface area contributed by atoms with E-state index in [2.05, 4.69) is 6.92 Å². The second-order valence-electron chi connectivity index (χ2n) is 6.80. The Labute approximate surface area is 178 Å². The minimum absolute atomic E-state index is 0.0279. The van der Waals surface area contributed by atoms with E-state index in [1.807, 2.05) is 46.8 Å². The quantitative estimate of drug-likeness (QED) is 0.495. The van der Waals surface area contributed by atoms with Crippen molar-refractivity contribution in [3.8, 4) is 11.5 Å². The van der Waals surface area contributed by atoms with Crippen LogP contribution in [0.5, 0.6) is 11.5 Å². The van der Waals surface area contributed by atoms with Gasteiger partial charge in [-0.1, -0.05) is 27.2 Å². The van der Waals surface area contributed by atoms with Gasteiger partial charge in [0, 0.05) is 19.3 Å². The first-order valence-electron chi connectivity index (χ1n) is 10.4. The summed E-state index contributed by atoms with van der Waals surface area (Å²) in [5, 5.41) is 8.62. The molecule has 29 heavy (non-hydrogen) atoms. The zero-order valence-corrected chi connectivity index (χ0v) is 20.1. The van der Waals surface area contributed by atoms with Crippen molar-refractivity contribution in [1.82, 2.24) is 0 Å². The highest BCUT2D eigenvalue weighted by Crippen LogP contribution is 2.29. The van der Waals surface area contributed by atoms with Gasteiger partial charge < -0.3 is 28.8 Å². The van der Waals surface area contributed by atoms with E-state index in [0.717, 1.165) is 35.7 Å². The van der Waals surface area contributed by atoms with Gasteiger partial charge in [0.05, 0.1) is 46.2 Å². The van der Waals surface area contributed by atoms with E-state index < -0.39 is 0 Å². The first-order chi connectivity index (χ1) is 13.8. The topological polar surface area (TPSA) is 66.4 Å². The van der Waals surface area contributed by atoms with Crippen molar-refractivity contribution >= 4 is 0 Å². The first-order valence-corrected chi connectivity index (χ1v) is 10.4. The molecule has 0 amide bonds. The third-order valence-corrected chi connectivity index (χ3v) is 3.80. The molecule has 0 atom stereocenters. The summed E-state index contributed by atoms with van der Waals surface area (Å²) in [5.41, 5.74) is 1.81. The number of methoxy groups -OCH3 is 3. The van der Waals surface area contributed by atoms with Crippen LogP contribution in [0.4, 0.5) is 0 Å². The number of hydrogen-bond acceptors (Lipinski definition) is 6. The average molecular weight is 417 g/mol. The van der Waals surface area contributed by atoms with Gasteiger partial charge >= 0.3 is 0 Å². The van der Waals surface area contributed by atoms with Gasteiger partial charge in [-0.15, -0.1) is 0 Å². The van der Waals surface area contributed by atoms with Crippen LogP contribution < -0.4 is 9.47 Å². The van der Waals surface area contributed by atoms with Crippen LogP contribution in [0, 0.1) is 6.92 Å². The highest BCUT2D eigenvalue weighted by Gasteiger charge is 2.16. The number of aliphatic hydroxyl groups is 1. The third-order valence-electron chi connectivity index (χ3n) is 3.80. The Hall–Kier alpha value is -1.34. The predicted molar refractivity (Wildman–Crippen MR) is 119 cm³/mol. The van der Waals surface area contributed by atoms with Crippen molar-refractivity contribution in [2.24, 2.45) is 0 Å². The number of rotatable bonds is 12. The summed E-state index contributed by atoms with van der Waals surface area (Å²) in [6.07, 6.45) is 2.32. The molecule has 1 N–H and O–H groups in total. The standard InChI is InChI=1S/C12H18O4.C9H20O2.C2H6/c1-9-11(14-2)6-10(7-12(9)15-3)8-16-5-4-13;1-5-6-7-11-9(2,3)8-10-4;1-2/h6-7,13H,4-5,8H2,1-3H3;5-8H2,1-4H3;1-2H3. The molecule has 0 saturated heterocycles. The van der Waals surface area contributed by atoms with Gasteiger partial charge in [-0.3, -0.25) is 0 Å². The van der Waals surface area contributed by atoms with Gasteiger partial charge in [0.2, 0.25) is 0 Å². The fraction of sp³-hybridized carbons (Fsp3) is 0.739. The van der Waals surface area contributed by atoms with Gasteiger partial charge in [-0.05, 0) is 44.9 Å². The fourth-order valence-corrected chi connectivity index (χ4v) is 2.36. The molecule has 1 aromatic carbocycles. The molecule has 0 radical (unpaired) electrons. The van der Waals surface area contributed by atoms with Crippen LogP contribution in [0.2, 0.25) is 0 Å². The number of aliphatic hydroxyl groups excluding tert-OH is 1. The van der Waals surface area contributed by atoms with Crippen molar-refractivity contribution in [3.05, 3.63) is 23.3 Å². The maximum absolute atomic E-state index is 8.62. The van der Waals surface area contributed by atoms with E-state index in [-0.39, 0.29) is 12.2 Å². The van der Waals surface area contributed by atoms with E-state index in [1.165, 1.54) is 6.42 Å². The van der Waals surface area contributed by atoms with E-state index in [4.69, 9.17) is 28.8 Å². The summed E-state index contributed by atoms with van der Waals surface area (Å²) < 4.78 is 26.3. The maximum atomic E-state index is 8.62. The molecule has 6 heteroatoms. The molecule has 0 aliphatic rings. The normalized spacial score (nSPS) is 10.4. The largest absolute Gasteiger partial charge is 0.496 e. The Bertz CT molecular complexity index is 477. The second-order valence-corrected chi connectivity index (χ2v) is 6.80. The molecule has 6 nitrogen and oxygen atoms in total. The highest BCUT2D eigenvalue weighted by molar-refractivity contribution is 5.47. The zero-order valence-electron chi connectivity index (χ0n) is 20.1. The molecule has 0 fully saturated rings. The minimum atomic E-state index is -0.121. The summed E-state index contributed by atoms with van der Waals surface area (Å²) in [6.45, 7) is 14.5. The summed E-state index contributed by atoms with van der Waals surface area (Å²) in [4.78, 5) is 0. The van der Waals surface area contributed by atoms with Crippen molar-refractivity contribution in [1.29, 1.82) is 0 Å². The van der Waals surface area contributed by atoms with Gasteiger partial charge in [-0.2, -0.15) is 0 Å². The Balaban J connectivity index is 0. The minimum Gasteiger partial charge on any atom is -0.496 e. The molecule has 0 aromatic heterocycles. The fourth-order valence-electron chi connectivity index (χ4n) is 2.36. The van der Waals surface area contributed by atoms with E-state index in [1.54, 1.807) is 21.3 Å². The van der Waals surface area contributed by atoms with Crippen LogP contribution in [0.1, 0.15) is 58.6 Å². The molecular formula is C23H44O6. The van der Waals surface area contributed by atoms with Crippen LogP contribution in [-0.4, -0.2) is 58.5 Å². The number of unbranched alkanes of at least 4 members (excludes halogenated alkanes) is 1. The van der Waals surface area contributed by atoms with Gasteiger partial charge in [0.15, 0.2) is 0 Å². The Morgan fingerprint density at radius 2 is 1.52 bits per heavy atom. The molecule has 0 spiro atoms. The molecular weight excluding hydrogens is 372 g/mol. The highest BCUT2D eigenvalue weighted by atomic mass is 16.5. The summed E-state index contributed by atoms with van der Waals surface area (Å²) >= 11 is 0. The zero-order chi connectivity index (χ0) is 22.7. The van der Waals surface area contributed by atoms with Crippen molar-refractivity contribution < 1.29 is 28.8 Å². The van der Waals surface area contributed by atoms with Crippen molar-refractivity contribution in [3.63, 3.8) is 0 Å². The summed E-state index contributed by atoms with van der Waals surface area (Å²) in [7, 11) is 4.95. The molecule has 0 aliphatic carbocycles.